The maximum absolute atomic E-state index is 12.4. The van der Waals surface area contributed by atoms with Crippen LogP contribution in [0.15, 0.2) is 35.1 Å². The zero-order chi connectivity index (χ0) is 17.2. The Morgan fingerprint density at radius 1 is 1.17 bits per heavy atom. The second-order valence-electron chi connectivity index (χ2n) is 6.43. The molecule has 1 amide bonds. The number of aliphatic carboxylic acids is 1. The van der Waals surface area contributed by atoms with Crippen LogP contribution in [0.25, 0.3) is 10.8 Å². The largest absolute Gasteiger partial charge is 0.481 e. The molecule has 3 N–H and O–H groups in total. The van der Waals surface area contributed by atoms with Gasteiger partial charge in [-0.05, 0) is 30.4 Å². The number of aromatic amines is 1. The minimum atomic E-state index is -0.898. The molecule has 3 rings (SSSR count). The zero-order valence-corrected chi connectivity index (χ0v) is 13.3. The SMILES string of the molecule is O=C(NCC1(C(=O)O)CCCCC1)c1cc2ccccc2c(=O)[nH]1. The Morgan fingerprint density at radius 3 is 2.58 bits per heavy atom. The summed E-state index contributed by atoms with van der Waals surface area (Å²) >= 11 is 0. The number of hydrogen-bond donors (Lipinski definition) is 3. The van der Waals surface area contributed by atoms with Gasteiger partial charge in [-0.1, -0.05) is 37.5 Å². The molecule has 0 atom stereocenters. The molecule has 126 valence electrons. The standard InChI is InChI=1S/C18H20N2O4/c21-15-13-7-3-2-6-12(13)10-14(20-15)16(22)19-11-18(17(23)24)8-4-1-5-9-18/h2-3,6-7,10H,1,4-5,8-9,11H2,(H,19,22)(H,20,21)(H,23,24). The molecule has 0 radical (unpaired) electrons. The van der Waals surface area contributed by atoms with Gasteiger partial charge in [0.1, 0.15) is 5.69 Å². The van der Waals surface area contributed by atoms with Crippen molar-refractivity contribution in [3.63, 3.8) is 0 Å². The minimum absolute atomic E-state index is 0.0794. The average Bonchev–Trinajstić information content (AvgIpc) is 2.60. The molecule has 1 aliphatic rings. The van der Waals surface area contributed by atoms with Crippen LogP contribution in [0.5, 0.6) is 0 Å². The van der Waals surface area contributed by atoms with Gasteiger partial charge in [0.2, 0.25) is 0 Å². The first-order valence-corrected chi connectivity index (χ1v) is 8.15. The Labute approximate surface area is 138 Å². The van der Waals surface area contributed by atoms with Gasteiger partial charge in [-0.2, -0.15) is 0 Å². The van der Waals surface area contributed by atoms with Crippen LogP contribution in [0, 0.1) is 5.41 Å². The van der Waals surface area contributed by atoms with E-state index >= 15 is 0 Å². The molecule has 1 aromatic carbocycles. The van der Waals surface area contributed by atoms with Gasteiger partial charge in [0.05, 0.1) is 5.41 Å². The normalized spacial score (nSPS) is 16.7. The van der Waals surface area contributed by atoms with Gasteiger partial charge >= 0.3 is 5.97 Å². The van der Waals surface area contributed by atoms with Crippen molar-refractivity contribution in [1.29, 1.82) is 0 Å². The Morgan fingerprint density at radius 2 is 1.88 bits per heavy atom. The van der Waals surface area contributed by atoms with E-state index in [1.54, 1.807) is 30.3 Å². The number of aromatic nitrogens is 1. The summed E-state index contributed by atoms with van der Waals surface area (Å²) in [5.41, 5.74) is -1.08. The molecule has 24 heavy (non-hydrogen) atoms. The molecule has 0 spiro atoms. The van der Waals surface area contributed by atoms with Crippen molar-refractivity contribution < 1.29 is 14.7 Å². The third-order valence-corrected chi connectivity index (χ3v) is 4.85. The minimum Gasteiger partial charge on any atom is -0.481 e. The second-order valence-corrected chi connectivity index (χ2v) is 6.43. The number of nitrogens with one attached hydrogen (secondary N) is 2. The van der Waals surface area contributed by atoms with E-state index in [9.17, 15) is 19.5 Å². The quantitative estimate of drug-likeness (QED) is 0.802. The lowest BCUT2D eigenvalue weighted by Gasteiger charge is -2.33. The first-order chi connectivity index (χ1) is 11.5. The van der Waals surface area contributed by atoms with Crippen molar-refractivity contribution in [2.24, 2.45) is 5.41 Å². The van der Waals surface area contributed by atoms with Crippen LogP contribution in [0.2, 0.25) is 0 Å². The number of pyridine rings is 1. The highest BCUT2D eigenvalue weighted by Crippen LogP contribution is 2.36. The highest BCUT2D eigenvalue weighted by atomic mass is 16.4. The number of H-pyrrole nitrogens is 1. The predicted molar refractivity (Wildman–Crippen MR) is 90.1 cm³/mol. The molecule has 6 heteroatoms. The summed E-state index contributed by atoms with van der Waals surface area (Å²) < 4.78 is 0. The van der Waals surface area contributed by atoms with Gasteiger partial charge in [0.25, 0.3) is 11.5 Å². The number of carboxylic acid groups (broad SMARTS) is 1. The lowest BCUT2D eigenvalue weighted by Crippen LogP contribution is -2.44. The van der Waals surface area contributed by atoms with Crippen LogP contribution in [-0.4, -0.2) is 28.5 Å². The Hall–Kier alpha value is -2.63. The fraction of sp³-hybridized carbons (Fsp3) is 0.389. The highest BCUT2D eigenvalue weighted by molar-refractivity contribution is 5.96. The van der Waals surface area contributed by atoms with E-state index in [4.69, 9.17) is 0 Å². The van der Waals surface area contributed by atoms with E-state index in [1.807, 2.05) is 0 Å². The van der Waals surface area contributed by atoms with Gasteiger partial charge in [-0.15, -0.1) is 0 Å². The third kappa shape index (κ3) is 3.04. The van der Waals surface area contributed by atoms with E-state index in [-0.39, 0.29) is 17.8 Å². The van der Waals surface area contributed by atoms with E-state index in [1.165, 1.54) is 0 Å². The van der Waals surface area contributed by atoms with Crippen molar-refractivity contribution in [3.8, 4) is 0 Å². The van der Waals surface area contributed by atoms with Crippen LogP contribution in [0.3, 0.4) is 0 Å². The van der Waals surface area contributed by atoms with E-state index in [2.05, 4.69) is 10.3 Å². The average molecular weight is 328 g/mol. The first-order valence-electron chi connectivity index (χ1n) is 8.15. The summed E-state index contributed by atoms with van der Waals surface area (Å²) in [5.74, 6) is -1.32. The van der Waals surface area contributed by atoms with Crippen molar-refractivity contribution in [2.45, 2.75) is 32.1 Å². The number of rotatable bonds is 4. The van der Waals surface area contributed by atoms with Crippen molar-refractivity contribution in [3.05, 3.63) is 46.4 Å². The molecule has 1 aromatic heterocycles. The van der Waals surface area contributed by atoms with Crippen LogP contribution >= 0.6 is 0 Å². The lowest BCUT2D eigenvalue weighted by atomic mass is 9.74. The number of fused-ring (bicyclic) bond motifs is 1. The fourth-order valence-electron chi connectivity index (χ4n) is 3.37. The van der Waals surface area contributed by atoms with E-state index < -0.39 is 17.3 Å². The summed E-state index contributed by atoms with van der Waals surface area (Å²) in [5, 5.41) is 13.4. The zero-order valence-electron chi connectivity index (χ0n) is 13.3. The molecule has 2 aromatic rings. The molecule has 0 aliphatic heterocycles. The third-order valence-electron chi connectivity index (χ3n) is 4.85. The molecule has 6 nitrogen and oxygen atoms in total. The van der Waals surface area contributed by atoms with Gasteiger partial charge in [-0.3, -0.25) is 14.4 Å². The number of benzene rings is 1. The molecule has 0 saturated heterocycles. The van der Waals surface area contributed by atoms with Gasteiger partial charge in [0.15, 0.2) is 0 Å². The molecular formula is C18H20N2O4. The lowest BCUT2D eigenvalue weighted by molar-refractivity contribution is -0.150. The molecule has 1 aliphatic carbocycles. The van der Waals surface area contributed by atoms with Gasteiger partial charge < -0.3 is 15.4 Å². The van der Waals surface area contributed by atoms with Gasteiger partial charge in [0, 0.05) is 11.9 Å². The summed E-state index contributed by atoms with van der Waals surface area (Å²) in [6.45, 7) is 0.0794. The van der Waals surface area contributed by atoms with Gasteiger partial charge in [-0.25, -0.2) is 0 Å². The smallest absolute Gasteiger partial charge is 0.311 e. The fourth-order valence-corrected chi connectivity index (χ4v) is 3.37. The number of carbonyl (C=O) groups is 2. The molecule has 1 heterocycles. The maximum Gasteiger partial charge on any atom is 0.311 e. The Balaban J connectivity index is 1.80. The van der Waals surface area contributed by atoms with Crippen LogP contribution in [0.1, 0.15) is 42.6 Å². The summed E-state index contributed by atoms with van der Waals surface area (Å²) in [6, 6.07) is 8.63. The van der Waals surface area contributed by atoms with Crippen LogP contribution in [-0.2, 0) is 4.79 Å². The summed E-state index contributed by atoms with van der Waals surface area (Å²) in [7, 11) is 0. The second kappa shape index (κ2) is 6.47. The topological polar surface area (TPSA) is 99.3 Å². The molecule has 0 unspecified atom stereocenters. The van der Waals surface area contributed by atoms with E-state index in [0.29, 0.717) is 23.6 Å². The molecule has 1 fully saturated rings. The monoisotopic (exact) mass is 328 g/mol. The van der Waals surface area contributed by atoms with Crippen molar-refractivity contribution >= 4 is 22.6 Å². The van der Waals surface area contributed by atoms with Crippen molar-refractivity contribution in [1.82, 2.24) is 10.3 Å². The Kier molecular flexibility index (Phi) is 4.38. The maximum atomic E-state index is 12.4. The number of carbonyl (C=O) groups excluding carboxylic acids is 1. The number of amides is 1. The molecule has 1 saturated carbocycles. The molecular weight excluding hydrogens is 308 g/mol. The van der Waals surface area contributed by atoms with Crippen LogP contribution in [0.4, 0.5) is 0 Å². The first kappa shape index (κ1) is 16.2. The van der Waals surface area contributed by atoms with Crippen molar-refractivity contribution in [2.75, 3.05) is 6.54 Å². The van der Waals surface area contributed by atoms with Crippen LogP contribution < -0.4 is 10.9 Å². The highest BCUT2D eigenvalue weighted by Gasteiger charge is 2.39. The summed E-state index contributed by atoms with van der Waals surface area (Å²) in [4.78, 5) is 38.6. The number of hydrogen-bond acceptors (Lipinski definition) is 3. The predicted octanol–water partition coefficient (Wildman–Crippen LogP) is 2.29. The van der Waals surface area contributed by atoms with E-state index in [0.717, 1.165) is 19.3 Å². The summed E-state index contributed by atoms with van der Waals surface area (Å²) in [6.07, 6.45) is 3.87. The molecule has 0 bridgehead atoms. The number of carboxylic acids is 1. The Bertz CT molecular complexity index is 834.